The van der Waals surface area contributed by atoms with Gasteiger partial charge in [-0.1, -0.05) is 81.4 Å². The molecule has 0 aliphatic heterocycles. The zero-order valence-corrected chi connectivity index (χ0v) is 17.8. The molecule has 0 saturated heterocycles. The molecule has 1 aliphatic carbocycles. The van der Waals surface area contributed by atoms with E-state index in [1.807, 2.05) is 72.8 Å². The molecule has 1 aliphatic rings. The van der Waals surface area contributed by atoms with E-state index in [2.05, 4.69) is 32.9 Å². The van der Waals surface area contributed by atoms with Gasteiger partial charge in [-0.25, -0.2) is 15.0 Å². The Morgan fingerprint density at radius 2 is 1.13 bits per heavy atom. The number of hydrogen-bond acceptors (Lipinski definition) is 4. The van der Waals surface area contributed by atoms with Crippen LogP contribution in [0.4, 0.5) is 11.4 Å². The van der Waals surface area contributed by atoms with Crippen molar-refractivity contribution in [2.24, 2.45) is 9.98 Å². The molecule has 0 fully saturated rings. The molecular weight excluding hydrogens is 382 g/mol. The molecule has 0 atom stereocenters. The first kappa shape index (κ1) is 19.2. The highest BCUT2D eigenvalue weighted by Gasteiger charge is 2.34. The SMILES string of the molecule is CC(C)(C)c1nc2c(o1)C(=Nc1ccccc1)c1ccccc1C2=Nc1ccccc1. The lowest BCUT2D eigenvalue weighted by atomic mass is 9.89. The predicted octanol–water partition coefficient (Wildman–Crippen LogP) is 6.62. The number of para-hydroxylation sites is 2. The van der Waals surface area contributed by atoms with Crippen molar-refractivity contribution in [3.63, 3.8) is 0 Å². The maximum absolute atomic E-state index is 6.36. The summed E-state index contributed by atoms with van der Waals surface area (Å²) >= 11 is 0. The van der Waals surface area contributed by atoms with Crippen molar-refractivity contribution in [2.45, 2.75) is 26.2 Å². The molecule has 0 N–H and O–H groups in total. The first-order valence-corrected chi connectivity index (χ1v) is 10.4. The van der Waals surface area contributed by atoms with Gasteiger partial charge in [0, 0.05) is 16.5 Å². The number of rotatable bonds is 2. The largest absolute Gasteiger partial charge is 0.438 e. The Morgan fingerprint density at radius 1 is 0.645 bits per heavy atom. The summed E-state index contributed by atoms with van der Waals surface area (Å²) in [5.74, 6) is 1.34. The Kier molecular flexibility index (Phi) is 4.63. The smallest absolute Gasteiger partial charge is 0.201 e. The van der Waals surface area contributed by atoms with E-state index >= 15 is 0 Å². The third-order valence-electron chi connectivity index (χ3n) is 5.14. The van der Waals surface area contributed by atoms with Gasteiger partial charge in [0.2, 0.25) is 5.89 Å². The average Bonchev–Trinajstić information content (AvgIpc) is 3.23. The van der Waals surface area contributed by atoms with Crippen LogP contribution in [0.25, 0.3) is 0 Å². The highest BCUT2D eigenvalue weighted by Crippen LogP contribution is 2.34. The predicted molar refractivity (Wildman–Crippen MR) is 125 cm³/mol. The molecule has 1 aromatic heterocycles. The zero-order valence-electron chi connectivity index (χ0n) is 17.8. The van der Waals surface area contributed by atoms with Gasteiger partial charge in [-0.05, 0) is 24.3 Å². The van der Waals surface area contributed by atoms with Crippen LogP contribution in [-0.4, -0.2) is 16.4 Å². The fraction of sp³-hybridized carbons (Fsp3) is 0.148. The lowest BCUT2D eigenvalue weighted by Crippen LogP contribution is -2.21. The third-order valence-corrected chi connectivity index (χ3v) is 5.14. The minimum absolute atomic E-state index is 0.237. The molecule has 0 bridgehead atoms. The van der Waals surface area contributed by atoms with Crippen LogP contribution in [0.2, 0.25) is 0 Å². The molecule has 0 radical (unpaired) electrons. The second kappa shape index (κ2) is 7.47. The lowest BCUT2D eigenvalue weighted by molar-refractivity contribution is 0.389. The molecule has 0 saturated carbocycles. The van der Waals surface area contributed by atoms with Crippen LogP contribution in [0.15, 0.2) is 99.3 Å². The monoisotopic (exact) mass is 405 g/mol. The summed E-state index contributed by atoms with van der Waals surface area (Å²) in [4.78, 5) is 14.9. The highest BCUT2D eigenvalue weighted by molar-refractivity contribution is 6.30. The van der Waals surface area contributed by atoms with Crippen LogP contribution < -0.4 is 0 Å². The molecule has 31 heavy (non-hydrogen) atoms. The Labute approximate surface area is 182 Å². The molecule has 4 aromatic rings. The van der Waals surface area contributed by atoms with E-state index < -0.39 is 0 Å². The number of fused-ring (bicyclic) bond motifs is 2. The molecule has 1 heterocycles. The van der Waals surface area contributed by atoms with Crippen molar-refractivity contribution in [2.75, 3.05) is 0 Å². The first-order chi connectivity index (χ1) is 15.0. The molecule has 3 aromatic carbocycles. The second-order valence-corrected chi connectivity index (χ2v) is 8.58. The Bertz CT molecular complexity index is 1200. The molecule has 152 valence electrons. The maximum atomic E-state index is 6.36. The number of benzene rings is 3. The van der Waals surface area contributed by atoms with Gasteiger partial charge in [-0.15, -0.1) is 0 Å². The summed E-state index contributed by atoms with van der Waals surface area (Å²) in [6.45, 7) is 6.29. The van der Waals surface area contributed by atoms with Crippen LogP contribution in [0.5, 0.6) is 0 Å². The fourth-order valence-electron chi connectivity index (χ4n) is 3.60. The van der Waals surface area contributed by atoms with Crippen LogP contribution in [0.1, 0.15) is 49.2 Å². The van der Waals surface area contributed by atoms with Crippen molar-refractivity contribution in [1.82, 2.24) is 4.98 Å². The highest BCUT2D eigenvalue weighted by atomic mass is 16.4. The normalized spacial score (nSPS) is 15.7. The van der Waals surface area contributed by atoms with E-state index in [1.165, 1.54) is 0 Å². The molecule has 0 spiro atoms. The van der Waals surface area contributed by atoms with E-state index in [0.717, 1.165) is 39.6 Å². The second-order valence-electron chi connectivity index (χ2n) is 8.58. The molecule has 0 unspecified atom stereocenters. The lowest BCUT2D eigenvalue weighted by Gasteiger charge is -2.18. The Hall–Kier alpha value is -3.79. The van der Waals surface area contributed by atoms with Crippen molar-refractivity contribution >= 4 is 22.8 Å². The molecular formula is C27H23N3O. The molecule has 5 rings (SSSR count). The van der Waals surface area contributed by atoms with E-state index in [9.17, 15) is 0 Å². The average molecular weight is 406 g/mol. The van der Waals surface area contributed by atoms with Gasteiger partial charge in [-0.3, -0.25) is 0 Å². The topological polar surface area (TPSA) is 50.8 Å². The minimum atomic E-state index is -0.237. The summed E-state index contributed by atoms with van der Waals surface area (Å²) < 4.78 is 6.36. The summed E-state index contributed by atoms with van der Waals surface area (Å²) in [7, 11) is 0. The van der Waals surface area contributed by atoms with Crippen molar-refractivity contribution < 1.29 is 4.42 Å². The van der Waals surface area contributed by atoms with E-state index in [0.29, 0.717) is 11.7 Å². The summed E-state index contributed by atoms with van der Waals surface area (Å²) in [5.41, 5.74) is 5.83. The van der Waals surface area contributed by atoms with Crippen LogP contribution in [-0.2, 0) is 5.41 Å². The van der Waals surface area contributed by atoms with Crippen LogP contribution >= 0.6 is 0 Å². The molecule has 4 nitrogen and oxygen atoms in total. The number of aromatic nitrogens is 1. The van der Waals surface area contributed by atoms with Crippen LogP contribution in [0, 0.1) is 0 Å². The third kappa shape index (κ3) is 3.61. The van der Waals surface area contributed by atoms with E-state index in [-0.39, 0.29) is 5.41 Å². The quantitative estimate of drug-likeness (QED) is 0.331. The van der Waals surface area contributed by atoms with Gasteiger partial charge < -0.3 is 4.42 Å². The minimum Gasteiger partial charge on any atom is -0.438 e. The summed E-state index contributed by atoms with van der Waals surface area (Å²) in [6, 6.07) is 28.1. The van der Waals surface area contributed by atoms with Gasteiger partial charge in [0.25, 0.3) is 0 Å². The van der Waals surface area contributed by atoms with Crippen molar-refractivity contribution in [3.05, 3.63) is 113 Å². The molecule has 4 heteroatoms. The van der Waals surface area contributed by atoms with E-state index in [4.69, 9.17) is 19.4 Å². The van der Waals surface area contributed by atoms with Gasteiger partial charge >= 0.3 is 0 Å². The van der Waals surface area contributed by atoms with Gasteiger partial charge in [0.05, 0.1) is 11.4 Å². The zero-order chi connectivity index (χ0) is 21.4. The summed E-state index contributed by atoms with van der Waals surface area (Å²) in [5, 5.41) is 0. The Morgan fingerprint density at radius 3 is 1.68 bits per heavy atom. The van der Waals surface area contributed by atoms with E-state index in [1.54, 1.807) is 0 Å². The number of oxazole rings is 1. The van der Waals surface area contributed by atoms with Gasteiger partial charge in [0.1, 0.15) is 17.1 Å². The van der Waals surface area contributed by atoms with Gasteiger partial charge in [0.15, 0.2) is 5.76 Å². The fourth-order valence-corrected chi connectivity index (χ4v) is 3.60. The Balaban J connectivity index is 1.80. The number of nitrogens with zero attached hydrogens (tertiary/aromatic N) is 3. The first-order valence-electron chi connectivity index (χ1n) is 10.4. The van der Waals surface area contributed by atoms with Gasteiger partial charge in [-0.2, -0.15) is 0 Å². The number of aliphatic imine (C=N–C) groups is 2. The van der Waals surface area contributed by atoms with Crippen LogP contribution in [0.3, 0.4) is 0 Å². The van der Waals surface area contributed by atoms with Crippen molar-refractivity contribution in [1.29, 1.82) is 0 Å². The summed E-state index contributed by atoms with van der Waals surface area (Å²) in [6.07, 6.45) is 0. The standard InChI is InChI=1S/C27H23N3O/c1-27(2,3)26-30-24-22(28-18-12-6-4-7-13-18)20-16-10-11-17-21(20)23(25(24)31-26)29-19-14-8-5-9-15-19/h4-17H,1-3H3. The maximum Gasteiger partial charge on any atom is 0.201 e. The van der Waals surface area contributed by atoms with Crippen molar-refractivity contribution in [3.8, 4) is 0 Å². The molecule has 0 amide bonds. The number of hydrogen-bond donors (Lipinski definition) is 0.